The quantitative estimate of drug-likeness (QED) is 0.774. The normalized spacial score (nSPS) is 32.2. The molecule has 0 aromatic carbocycles. The lowest BCUT2D eigenvalue weighted by molar-refractivity contribution is -0.153. The zero-order valence-corrected chi connectivity index (χ0v) is 9.90. The summed E-state index contributed by atoms with van der Waals surface area (Å²) in [6.07, 6.45) is 3.35. The van der Waals surface area contributed by atoms with E-state index in [1.807, 2.05) is 0 Å². The molecule has 0 radical (unpaired) electrons. The number of hydrogen-bond acceptors (Lipinski definition) is 2. The first-order valence-corrected chi connectivity index (χ1v) is 5.97. The van der Waals surface area contributed by atoms with Gasteiger partial charge in [-0.25, -0.2) is 4.79 Å². The monoisotopic (exact) mass is 225 g/mol. The van der Waals surface area contributed by atoms with E-state index in [0.717, 1.165) is 19.3 Å². The minimum Gasteiger partial charge on any atom is -0.480 e. The summed E-state index contributed by atoms with van der Waals surface area (Å²) in [5, 5.41) is 9.10. The summed E-state index contributed by atoms with van der Waals surface area (Å²) in [7, 11) is 0. The van der Waals surface area contributed by atoms with Crippen LogP contribution in [0.1, 0.15) is 39.5 Å². The molecule has 0 spiro atoms. The molecule has 0 aromatic rings. The van der Waals surface area contributed by atoms with E-state index in [0.29, 0.717) is 13.0 Å². The van der Waals surface area contributed by atoms with Crippen LogP contribution in [0.3, 0.4) is 0 Å². The number of rotatable bonds is 2. The van der Waals surface area contributed by atoms with Gasteiger partial charge in [-0.2, -0.15) is 0 Å². The van der Waals surface area contributed by atoms with Crippen molar-refractivity contribution in [1.82, 2.24) is 4.90 Å². The van der Waals surface area contributed by atoms with Gasteiger partial charge >= 0.3 is 5.97 Å². The van der Waals surface area contributed by atoms with E-state index in [1.54, 1.807) is 4.90 Å². The fraction of sp³-hybridized carbons (Fsp3) is 0.833. The minimum absolute atomic E-state index is 0.0486. The molecule has 1 heterocycles. The van der Waals surface area contributed by atoms with Gasteiger partial charge in [0, 0.05) is 12.5 Å². The van der Waals surface area contributed by atoms with Gasteiger partial charge in [0.1, 0.15) is 6.04 Å². The van der Waals surface area contributed by atoms with Crippen LogP contribution in [0.2, 0.25) is 0 Å². The molecule has 16 heavy (non-hydrogen) atoms. The average Bonchev–Trinajstić information content (AvgIpc) is 2.86. The van der Waals surface area contributed by atoms with Crippen LogP contribution < -0.4 is 0 Å². The van der Waals surface area contributed by atoms with Crippen molar-refractivity contribution in [1.29, 1.82) is 0 Å². The van der Waals surface area contributed by atoms with E-state index in [1.165, 1.54) is 0 Å². The number of carboxylic acids is 1. The molecule has 0 bridgehead atoms. The van der Waals surface area contributed by atoms with Gasteiger partial charge in [-0.3, -0.25) is 4.79 Å². The molecule has 4 nitrogen and oxygen atoms in total. The lowest BCUT2D eigenvalue weighted by Gasteiger charge is -2.33. The largest absolute Gasteiger partial charge is 0.480 e. The molecule has 1 aliphatic heterocycles. The maximum Gasteiger partial charge on any atom is 0.326 e. The van der Waals surface area contributed by atoms with Gasteiger partial charge < -0.3 is 10.0 Å². The Morgan fingerprint density at radius 2 is 1.94 bits per heavy atom. The number of carbonyl (C=O) groups is 2. The Bertz CT molecular complexity index is 324. The fourth-order valence-electron chi connectivity index (χ4n) is 2.54. The highest BCUT2D eigenvalue weighted by molar-refractivity contribution is 5.87. The zero-order valence-electron chi connectivity index (χ0n) is 9.90. The lowest BCUT2D eigenvalue weighted by Crippen LogP contribution is -2.49. The van der Waals surface area contributed by atoms with E-state index in [9.17, 15) is 9.59 Å². The van der Waals surface area contributed by atoms with Gasteiger partial charge in [0.15, 0.2) is 0 Å². The minimum atomic E-state index is -0.855. The topological polar surface area (TPSA) is 57.6 Å². The summed E-state index contributed by atoms with van der Waals surface area (Å²) < 4.78 is 0. The second kappa shape index (κ2) is 3.75. The third kappa shape index (κ3) is 1.93. The Balaban J connectivity index is 2.06. The molecule has 1 saturated carbocycles. The molecular formula is C12H19NO3. The fourth-order valence-corrected chi connectivity index (χ4v) is 2.54. The first-order chi connectivity index (χ1) is 7.43. The molecule has 1 saturated heterocycles. The molecule has 90 valence electrons. The number of carbonyl (C=O) groups excluding carboxylic acids is 1. The van der Waals surface area contributed by atoms with Crippen LogP contribution in [0, 0.1) is 11.3 Å². The summed E-state index contributed by atoms with van der Waals surface area (Å²) in [4.78, 5) is 24.8. The summed E-state index contributed by atoms with van der Waals surface area (Å²) in [6.45, 7) is 4.74. The highest BCUT2D eigenvalue weighted by atomic mass is 16.4. The van der Waals surface area contributed by atoms with Gasteiger partial charge in [-0.1, -0.05) is 13.8 Å². The number of likely N-dealkylation sites (tertiary alicyclic amines) is 1. The van der Waals surface area contributed by atoms with Crippen molar-refractivity contribution in [2.45, 2.75) is 45.6 Å². The SMILES string of the molecule is CC1(C)CC1C(=O)N1CCCC[C@@H]1C(=O)O. The van der Waals surface area contributed by atoms with Crippen molar-refractivity contribution in [3.05, 3.63) is 0 Å². The average molecular weight is 225 g/mol. The predicted octanol–water partition coefficient (Wildman–Crippen LogP) is 1.50. The first-order valence-electron chi connectivity index (χ1n) is 5.97. The number of aliphatic carboxylic acids is 1. The molecular weight excluding hydrogens is 206 g/mol. The summed E-state index contributed by atoms with van der Waals surface area (Å²) in [6, 6.07) is -0.586. The van der Waals surface area contributed by atoms with Crippen LogP contribution in [0.4, 0.5) is 0 Å². The Hall–Kier alpha value is -1.06. The lowest BCUT2D eigenvalue weighted by atomic mass is 10.0. The third-order valence-corrected chi connectivity index (χ3v) is 3.88. The summed E-state index contributed by atoms with van der Waals surface area (Å²) >= 11 is 0. The number of nitrogens with zero attached hydrogens (tertiary/aromatic N) is 1. The molecule has 1 unspecified atom stereocenters. The molecule has 2 fully saturated rings. The highest BCUT2D eigenvalue weighted by Crippen LogP contribution is 2.52. The molecule has 2 aliphatic rings. The maximum atomic E-state index is 12.2. The summed E-state index contributed by atoms with van der Waals surface area (Å²) in [5.41, 5.74) is 0.0809. The highest BCUT2D eigenvalue weighted by Gasteiger charge is 2.53. The van der Waals surface area contributed by atoms with E-state index in [-0.39, 0.29) is 17.2 Å². The van der Waals surface area contributed by atoms with Crippen LogP contribution in [0.25, 0.3) is 0 Å². The number of piperidine rings is 1. The van der Waals surface area contributed by atoms with Gasteiger partial charge in [0.05, 0.1) is 0 Å². The van der Waals surface area contributed by atoms with Gasteiger partial charge in [-0.05, 0) is 31.1 Å². The second-order valence-corrected chi connectivity index (χ2v) is 5.63. The van der Waals surface area contributed by atoms with Crippen molar-refractivity contribution in [3.63, 3.8) is 0 Å². The first kappa shape index (κ1) is 11.4. The Kier molecular flexibility index (Phi) is 2.68. The predicted molar refractivity (Wildman–Crippen MR) is 58.9 cm³/mol. The van der Waals surface area contributed by atoms with Crippen LogP contribution >= 0.6 is 0 Å². The molecule has 2 rings (SSSR count). The second-order valence-electron chi connectivity index (χ2n) is 5.63. The standard InChI is InChI=1S/C12H19NO3/c1-12(2)7-8(12)10(14)13-6-4-3-5-9(13)11(15)16/h8-9H,3-7H2,1-2H3,(H,15,16)/t8?,9-/m1/s1. The molecule has 4 heteroatoms. The van der Waals surface area contributed by atoms with E-state index in [2.05, 4.69) is 13.8 Å². The summed E-state index contributed by atoms with van der Waals surface area (Å²) in [5.74, 6) is -0.754. The molecule has 2 atom stereocenters. The Labute approximate surface area is 95.6 Å². The van der Waals surface area contributed by atoms with Gasteiger partial charge in [0.25, 0.3) is 0 Å². The van der Waals surface area contributed by atoms with Crippen LogP contribution in [-0.4, -0.2) is 34.5 Å². The van der Waals surface area contributed by atoms with E-state index >= 15 is 0 Å². The molecule has 0 aromatic heterocycles. The third-order valence-electron chi connectivity index (χ3n) is 3.88. The van der Waals surface area contributed by atoms with Crippen LogP contribution in [0.15, 0.2) is 0 Å². The van der Waals surface area contributed by atoms with Crippen molar-refractivity contribution in [2.75, 3.05) is 6.54 Å². The zero-order chi connectivity index (χ0) is 11.9. The number of hydrogen-bond donors (Lipinski definition) is 1. The number of amides is 1. The van der Waals surface area contributed by atoms with Crippen molar-refractivity contribution in [3.8, 4) is 0 Å². The van der Waals surface area contributed by atoms with Crippen LogP contribution in [-0.2, 0) is 9.59 Å². The van der Waals surface area contributed by atoms with Gasteiger partial charge in [0.2, 0.25) is 5.91 Å². The van der Waals surface area contributed by atoms with Gasteiger partial charge in [-0.15, -0.1) is 0 Å². The van der Waals surface area contributed by atoms with E-state index < -0.39 is 12.0 Å². The Morgan fingerprint density at radius 3 is 2.44 bits per heavy atom. The van der Waals surface area contributed by atoms with Crippen LogP contribution in [0.5, 0.6) is 0 Å². The van der Waals surface area contributed by atoms with Crippen molar-refractivity contribution < 1.29 is 14.7 Å². The molecule has 1 amide bonds. The van der Waals surface area contributed by atoms with Crippen molar-refractivity contribution >= 4 is 11.9 Å². The van der Waals surface area contributed by atoms with E-state index in [4.69, 9.17) is 5.11 Å². The molecule has 1 aliphatic carbocycles. The number of carboxylic acid groups (broad SMARTS) is 1. The smallest absolute Gasteiger partial charge is 0.326 e. The molecule has 1 N–H and O–H groups in total. The Morgan fingerprint density at radius 1 is 1.31 bits per heavy atom. The van der Waals surface area contributed by atoms with Crippen molar-refractivity contribution in [2.24, 2.45) is 11.3 Å². The maximum absolute atomic E-state index is 12.2.